The number of nitrogens with zero attached hydrogens (tertiary/aromatic N) is 6. The molecule has 0 aliphatic heterocycles. The minimum atomic E-state index is 0.412. The Hall–Kier alpha value is -0.730. The van der Waals surface area contributed by atoms with E-state index in [9.17, 15) is 0 Å². The zero-order chi connectivity index (χ0) is 10.3. The molecule has 0 bridgehead atoms. The average Bonchev–Trinajstić information content (AvgIpc) is 2.85. The Kier molecular flexibility index (Phi) is 2.33. The third kappa shape index (κ3) is 1.84. The number of tetrazole rings is 1. The molecule has 1 fully saturated rings. The fourth-order valence-electron chi connectivity index (χ4n) is 1.12. The summed E-state index contributed by atoms with van der Waals surface area (Å²) in [5.41, 5.74) is 0. The van der Waals surface area contributed by atoms with Crippen molar-refractivity contribution in [3.63, 3.8) is 0 Å². The predicted molar refractivity (Wildman–Crippen MR) is 55.1 cm³/mol. The van der Waals surface area contributed by atoms with Crippen LogP contribution >= 0.6 is 35.1 Å². The van der Waals surface area contributed by atoms with E-state index in [4.69, 9.17) is 11.6 Å². The highest BCUT2D eigenvalue weighted by molar-refractivity contribution is 7.99. The summed E-state index contributed by atoms with van der Waals surface area (Å²) >= 11 is 8.28. The molecule has 0 spiro atoms. The molecule has 15 heavy (non-hydrogen) atoms. The molecule has 0 unspecified atom stereocenters. The Balaban J connectivity index is 1.87. The number of hydrogen-bond donors (Lipinski definition) is 0. The van der Waals surface area contributed by atoms with Gasteiger partial charge < -0.3 is 0 Å². The highest BCUT2D eigenvalue weighted by atomic mass is 35.5. The van der Waals surface area contributed by atoms with Gasteiger partial charge in [-0.1, -0.05) is 11.6 Å². The van der Waals surface area contributed by atoms with Crippen molar-refractivity contribution in [2.45, 2.75) is 29.1 Å². The maximum atomic E-state index is 5.84. The van der Waals surface area contributed by atoms with Gasteiger partial charge >= 0.3 is 0 Å². The van der Waals surface area contributed by atoms with Crippen LogP contribution in [-0.4, -0.2) is 29.0 Å². The molecule has 0 amide bonds. The summed E-state index contributed by atoms with van der Waals surface area (Å²) < 4.78 is 9.77. The first-order valence-electron chi connectivity index (χ1n) is 4.28. The second kappa shape index (κ2) is 3.69. The molecule has 2 aromatic rings. The molecule has 0 saturated heterocycles. The minimum Gasteiger partial charge on any atom is -0.217 e. The van der Waals surface area contributed by atoms with E-state index in [1.54, 1.807) is 0 Å². The second-order valence-electron chi connectivity index (χ2n) is 3.10. The lowest BCUT2D eigenvalue weighted by Gasteiger charge is -1.98. The molecule has 0 N–H and O–H groups in total. The maximum Gasteiger partial charge on any atom is 0.216 e. The van der Waals surface area contributed by atoms with E-state index in [0.29, 0.717) is 16.2 Å². The molecule has 2 aromatic heterocycles. The van der Waals surface area contributed by atoms with Crippen molar-refractivity contribution in [3.8, 4) is 0 Å². The van der Waals surface area contributed by atoms with Gasteiger partial charge in [0, 0.05) is 0 Å². The largest absolute Gasteiger partial charge is 0.217 e. The van der Waals surface area contributed by atoms with Crippen LogP contribution in [0.1, 0.15) is 18.9 Å². The van der Waals surface area contributed by atoms with Crippen LogP contribution in [0.25, 0.3) is 0 Å². The highest BCUT2D eigenvalue weighted by Gasteiger charge is 2.28. The second-order valence-corrected chi connectivity index (χ2v) is 4.94. The summed E-state index contributed by atoms with van der Waals surface area (Å²) in [7, 11) is 0. The Morgan fingerprint density at radius 3 is 2.93 bits per heavy atom. The van der Waals surface area contributed by atoms with E-state index >= 15 is 0 Å². The summed E-state index contributed by atoms with van der Waals surface area (Å²) in [6, 6.07) is 0.452. The normalized spacial score (nSPS) is 15.8. The quantitative estimate of drug-likeness (QED) is 0.836. The Bertz CT molecular complexity index is 477. The van der Waals surface area contributed by atoms with Gasteiger partial charge in [-0.05, 0) is 35.0 Å². The van der Waals surface area contributed by atoms with E-state index in [1.165, 1.54) is 11.8 Å². The van der Waals surface area contributed by atoms with E-state index in [2.05, 4.69) is 24.3 Å². The zero-order valence-electron chi connectivity index (χ0n) is 7.37. The molecule has 0 radical (unpaired) electrons. The van der Waals surface area contributed by atoms with Crippen molar-refractivity contribution in [2.24, 2.45) is 0 Å². The third-order valence-corrected chi connectivity index (χ3v) is 4.01. The first-order chi connectivity index (χ1) is 7.34. The summed E-state index contributed by atoms with van der Waals surface area (Å²) in [6.07, 6.45) is 2.28. The molecule has 6 nitrogen and oxygen atoms in total. The minimum absolute atomic E-state index is 0.412. The lowest BCUT2D eigenvalue weighted by atomic mass is 10.7. The molecular formula is C6H5ClN6S2. The average molecular weight is 261 g/mol. The molecule has 0 aromatic carbocycles. The smallest absolute Gasteiger partial charge is 0.216 e. The van der Waals surface area contributed by atoms with Crippen molar-refractivity contribution >= 4 is 35.1 Å². The molecule has 3 rings (SSSR count). The van der Waals surface area contributed by atoms with Crippen molar-refractivity contribution in [1.29, 1.82) is 0 Å². The maximum absolute atomic E-state index is 5.84. The van der Waals surface area contributed by atoms with Crippen LogP contribution in [0.15, 0.2) is 10.2 Å². The molecule has 1 aliphatic rings. The summed E-state index contributed by atoms with van der Waals surface area (Å²) in [4.78, 5) is 0. The van der Waals surface area contributed by atoms with Gasteiger partial charge in [0.2, 0.25) is 5.16 Å². The van der Waals surface area contributed by atoms with Crippen LogP contribution in [0.5, 0.6) is 0 Å². The molecule has 9 heteroatoms. The number of hydrogen-bond acceptors (Lipinski definition) is 7. The predicted octanol–water partition coefficient (Wildman–Crippen LogP) is 1.66. The van der Waals surface area contributed by atoms with Gasteiger partial charge in [0.05, 0.1) is 17.8 Å². The Labute approximate surface area is 98.3 Å². The van der Waals surface area contributed by atoms with Crippen molar-refractivity contribution < 1.29 is 0 Å². The third-order valence-electron chi connectivity index (χ3n) is 1.96. The van der Waals surface area contributed by atoms with Crippen LogP contribution in [0.2, 0.25) is 5.15 Å². The first-order valence-corrected chi connectivity index (χ1v) is 6.21. The topological polar surface area (TPSA) is 69.4 Å². The lowest BCUT2D eigenvalue weighted by Crippen LogP contribution is -1.98. The highest BCUT2D eigenvalue weighted by Crippen LogP contribution is 2.38. The molecular weight excluding hydrogens is 256 g/mol. The summed E-state index contributed by atoms with van der Waals surface area (Å²) in [5.74, 6) is 0. The van der Waals surface area contributed by atoms with Gasteiger partial charge in [0.25, 0.3) is 0 Å². The number of halogens is 1. The lowest BCUT2D eigenvalue weighted by molar-refractivity contribution is 0.565. The number of aromatic nitrogens is 6. The van der Waals surface area contributed by atoms with Gasteiger partial charge in [-0.3, -0.25) is 0 Å². The zero-order valence-corrected chi connectivity index (χ0v) is 9.76. The van der Waals surface area contributed by atoms with Gasteiger partial charge in [-0.25, -0.2) is 4.68 Å². The Morgan fingerprint density at radius 2 is 2.27 bits per heavy atom. The molecule has 0 atom stereocenters. The van der Waals surface area contributed by atoms with Crippen molar-refractivity contribution in [2.75, 3.05) is 0 Å². The van der Waals surface area contributed by atoms with E-state index < -0.39 is 0 Å². The van der Waals surface area contributed by atoms with Crippen LogP contribution in [0.3, 0.4) is 0 Å². The SMILES string of the molecule is Clc1nsnc1Sc1nnnn1C1CC1. The first kappa shape index (κ1) is 9.49. The van der Waals surface area contributed by atoms with E-state index in [1.807, 2.05) is 4.68 Å². The van der Waals surface area contributed by atoms with Gasteiger partial charge in [0.1, 0.15) is 0 Å². The van der Waals surface area contributed by atoms with Gasteiger partial charge in [-0.2, -0.15) is 8.75 Å². The van der Waals surface area contributed by atoms with Crippen molar-refractivity contribution in [1.82, 2.24) is 29.0 Å². The van der Waals surface area contributed by atoms with Crippen LogP contribution in [0.4, 0.5) is 0 Å². The van der Waals surface area contributed by atoms with Crippen molar-refractivity contribution in [3.05, 3.63) is 5.15 Å². The monoisotopic (exact) mass is 260 g/mol. The van der Waals surface area contributed by atoms with Crippen LogP contribution in [0, 0.1) is 0 Å². The molecule has 1 saturated carbocycles. The molecule has 1 aliphatic carbocycles. The van der Waals surface area contributed by atoms with Gasteiger partial charge in [-0.15, -0.1) is 5.10 Å². The summed E-state index contributed by atoms with van der Waals surface area (Å²) in [5, 5.41) is 13.3. The molecule has 78 valence electrons. The van der Waals surface area contributed by atoms with E-state index in [0.717, 1.165) is 29.7 Å². The molecule has 2 heterocycles. The van der Waals surface area contributed by atoms with Crippen LogP contribution < -0.4 is 0 Å². The van der Waals surface area contributed by atoms with Gasteiger partial charge in [0.15, 0.2) is 10.2 Å². The number of rotatable bonds is 3. The van der Waals surface area contributed by atoms with E-state index in [-0.39, 0.29) is 0 Å². The fourth-order valence-corrected chi connectivity index (χ4v) is 2.74. The van der Waals surface area contributed by atoms with Crippen LogP contribution in [-0.2, 0) is 0 Å². The standard InChI is InChI=1S/C6H5ClN6S2/c7-4-5(10-15-9-4)14-6-8-11-12-13(6)3-1-2-3/h3H,1-2H2. The summed E-state index contributed by atoms with van der Waals surface area (Å²) in [6.45, 7) is 0. The fraction of sp³-hybridized carbons (Fsp3) is 0.500. The Morgan fingerprint density at radius 1 is 1.40 bits per heavy atom.